The highest BCUT2D eigenvalue weighted by Gasteiger charge is 2.26. The monoisotopic (exact) mass is 311 g/mol. The summed E-state index contributed by atoms with van der Waals surface area (Å²) in [4.78, 5) is 12.2. The lowest BCUT2D eigenvalue weighted by atomic mass is 10.3. The molecular formula is C12H17N5OS2. The predicted octanol–water partition coefficient (Wildman–Crippen LogP) is 1.68. The van der Waals surface area contributed by atoms with E-state index in [4.69, 9.17) is 10.3 Å². The van der Waals surface area contributed by atoms with Crippen molar-refractivity contribution in [3.63, 3.8) is 0 Å². The molecule has 0 bridgehead atoms. The van der Waals surface area contributed by atoms with Crippen molar-refractivity contribution in [3.05, 3.63) is 16.5 Å². The first-order valence-electron chi connectivity index (χ1n) is 6.47. The first kappa shape index (κ1) is 14.0. The van der Waals surface area contributed by atoms with Crippen molar-refractivity contribution in [1.29, 1.82) is 0 Å². The average molecular weight is 311 g/mol. The fourth-order valence-electron chi connectivity index (χ4n) is 2.16. The van der Waals surface area contributed by atoms with Gasteiger partial charge >= 0.3 is 0 Å². The van der Waals surface area contributed by atoms with Gasteiger partial charge in [-0.2, -0.15) is 16.7 Å². The van der Waals surface area contributed by atoms with Crippen LogP contribution in [-0.2, 0) is 6.54 Å². The van der Waals surface area contributed by atoms with Gasteiger partial charge in [-0.3, -0.25) is 4.90 Å². The lowest BCUT2D eigenvalue weighted by Crippen LogP contribution is -2.33. The van der Waals surface area contributed by atoms with E-state index >= 15 is 0 Å². The van der Waals surface area contributed by atoms with Gasteiger partial charge in [0.2, 0.25) is 0 Å². The summed E-state index contributed by atoms with van der Waals surface area (Å²) in [5, 5.41) is 5.04. The van der Waals surface area contributed by atoms with Crippen LogP contribution in [0, 0.1) is 6.92 Å². The van der Waals surface area contributed by atoms with Crippen molar-refractivity contribution in [3.8, 4) is 10.8 Å². The number of nitrogens with two attached hydrogens (primary N) is 1. The second kappa shape index (κ2) is 5.80. The van der Waals surface area contributed by atoms with Crippen LogP contribution in [0.5, 0.6) is 0 Å². The van der Waals surface area contributed by atoms with E-state index in [1.165, 1.54) is 11.3 Å². The predicted molar refractivity (Wildman–Crippen MR) is 80.7 cm³/mol. The molecule has 0 radical (unpaired) electrons. The molecule has 2 aromatic heterocycles. The summed E-state index contributed by atoms with van der Waals surface area (Å²) in [7, 11) is 2.10. The van der Waals surface area contributed by atoms with Gasteiger partial charge in [-0.25, -0.2) is 4.98 Å². The number of aryl methyl sites for hydroxylation is 1. The topological polar surface area (TPSA) is 81.1 Å². The third-order valence-electron chi connectivity index (χ3n) is 3.35. The first-order valence-corrected chi connectivity index (χ1v) is 8.44. The van der Waals surface area contributed by atoms with Crippen LogP contribution in [-0.4, -0.2) is 45.1 Å². The molecule has 8 heteroatoms. The minimum absolute atomic E-state index is 0.230. The fraction of sp³-hybridized carbons (Fsp3) is 0.583. The van der Waals surface area contributed by atoms with Crippen molar-refractivity contribution in [2.45, 2.75) is 19.5 Å². The molecule has 6 nitrogen and oxygen atoms in total. The first-order chi connectivity index (χ1) is 9.69. The van der Waals surface area contributed by atoms with Crippen molar-refractivity contribution >= 4 is 23.1 Å². The smallest absolute Gasteiger partial charge is 0.269 e. The van der Waals surface area contributed by atoms with Gasteiger partial charge < -0.3 is 10.3 Å². The molecule has 3 heterocycles. The Kier molecular flexibility index (Phi) is 4.06. The summed E-state index contributed by atoms with van der Waals surface area (Å²) in [5.74, 6) is 3.48. The minimum Gasteiger partial charge on any atom is -0.333 e. The standard InChI is InChI=1S/C12H17N5OS2/c1-7-10(20-9(5-13)14-7)12-15-11(16-18-12)8-6-19-4-3-17(8)2/h8H,3-6,13H2,1-2H3. The molecule has 3 rings (SSSR count). The van der Waals surface area contributed by atoms with E-state index in [-0.39, 0.29) is 6.04 Å². The molecule has 0 saturated carbocycles. The van der Waals surface area contributed by atoms with Crippen molar-refractivity contribution in [2.24, 2.45) is 5.73 Å². The van der Waals surface area contributed by atoms with E-state index in [1.807, 2.05) is 18.7 Å². The van der Waals surface area contributed by atoms with Gasteiger partial charge in [-0.15, -0.1) is 11.3 Å². The van der Waals surface area contributed by atoms with Crippen LogP contribution in [0.3, 0.4) is 0 Å². The molecule has 20 heavy (non-hydrogen) atoms. The van der Waals surface area contributed by atoms with Gasteiger partial charge in [-0.1, -0.05) is 5.16 Å². The maximum Gasteiger partial charge on any atom is 0.269 e. The van der Waals surface area contributed by atoms with Gasteiger partial charge in [0.15, 0.2) is 5.82 Å². The maximum atomic E-state index is 5.62. The zero-order valence-corrected chi connectivity index (χ0v) is 13.1. The Morgan fingerprint density at radius 2 is 2.30 bits per heavy atom. The fourth-order valence-corrected chi connectivity index (χ4v) is 4.23. The number of thioether (sulfide) groups is 1. The van der Waals surface area contributed by atoms with Crippen molar-refractivity contribution in [2.75, 3.05) is 25.1 Å². The van der Waals surface area contributed by atoms with Crippen LogP contribution in [0.15, 0.2) is 4.52 Å². The van der Waals surface area contributed by atoms with Gasteiger partial charge in [0.25, 0.3) is 5.89 Å². The van der Waals surface area contributed by atoms with Crippen LogP contribution in [0.25, 0.3) is 10.8 Å². The SMILES string of the molecule is Cc1nc(CN)sc1-c1nc(C2CSCCN2C)no1. The minimum atomic E-state index is 0.230. The quantitative estimate of drug-likeness (QED) is 0.923. The van der Waals surface area contributed by atoms with E-state index in [0.717, 1.165) is 39.5 Å². The Morgan fingerprint density at radius 1 is 1.45 bits per heavy atom. The number of hydrogen-bond donors (Lipinski definition) is 1. The average Bonchev–Trinajstić information content (AvgIpc) is 3.05. The van der Waals surface area contributed by atoms with Crippen LogP contribution in [0.1, 0.15) is 22.6 Å². The second-order valence-electron chi connectivity index (χ2n) is 4.76. The maximum absolute atomic E-state index is 5.62. The Morgan fingerprint density at radius 3 is 3.00 bits per heavy atom. The summed E-state index contributed by atoms with van der Waals surface area (Å²) >= 11 is 3.45. The molecule has 1 saturated heterocycles. The molecule has 1 aliphatic heterocycles. The molecule has 0 amide bonds. The second-order valence-corrected chi connectivity index (χ2v) is 6.99. The Bertz CT molecular complexity index is 596. The molecule has 2 aromatic rings. The highest BCUT2D eigenvalue weighted by atomic mass is 32.2. The number of nitrogens with zero attached hydrogens (tertiary/aromatic N) is 4. The number of aromatic nitrogens is 3. The third kappa shape index (κ3) is 2.60. The van der Waals surface area contributed by atoms with Crippen LogP contribution < -0.4 is 5.73 Å². The van der Waals surface area contributed by atoms with E-state index < -0.39 is 0 Å². The largest absolute Gasteiger partial charge is 0.333 e. The molecule has 0 aliphatic carbocycles. The number of rotatable bonds is 3. The highest BCUT2D eigenvalue weighted by molar-refractivity contribution is 7.99. The summed E-state index contributed by atoms with van der Waals surface area (Å²) in [6.07, 6.45) is 0. The molecule has 1 atom stereocenters. The molecule has 1 aliphatic rings. The Labute approximate surface area is 125 Å². The van der Waals surface area contributed by atoms with E-state index in [0.29, 0.717) is 12.4 Å². The summed E-state index contributed by atoms with van der Waals surface area (Å²) < 4.78 is 5.42. The van der Waals surface area contributed by atoms with Gasteiger partial charge in [0.1, 0.15) is 9.88 Å². The number of hydrogen-bond acceptors (Lipinski definition) is 8. The number of thiazole rings is 1. The normalized spacial score (nSPS) is 20.4. The molecular weight excluding hydrogens is 294 g/mol. The molecule has 1 unspecified atom stereocenters. The zero-order chi connectivity index (χ0) is 14.1. The summed E-state index contributed by atoms with van der Waals surface area (Å²) in [5.41, 5.74) is 6.52. The van der Waals surface area contributed by atoms with Gasteiger partial charge in [0.05, 0.1) is 11.7 Å². The van der Waals surface area contributed by atoms with E-state index in [2.05, 4.69) is 27.1 Å². The molecule has 0 spiro atoms. The summed E-state index contributed by atoms with van der Waals surface area (Å²) in [6.45, 7) is 3.43. The molecule has 108 valence electrons. The Hall–Kier alpha value is -0.960. The molecule has 0 aromatic carbocycles. The lowest BCUT2D eigenvalue weighted by Gasteiger charge is -2.29. The van der Waals surface area contributed by atoms with E-state index in [1.54, 1.807) is 0 Å². The third-order valence-corrected chi connectivity index (χ3v) is 5.54. The van der Waals surface area contributed by atoms with Crippen molar-refractivity contribution < 1.29 is 4.52 Å². The van der Waals surface area contributed by atoms with Gasteiger partial charge in [-0.05, 0) is 14.0 Å². The lowest BCUT2D eigenvalue weighted by molar-refractivity contribution is 0.257. The van der Waals surface area contributed by atoms with E-state index in [9.17, 15) is 0 Å². The van der Waals surface area contributed by atoms with Crippen LogP contribution in [0.4, 0.5) is 0 Å². The molecule has 1 fully saturated rings. The highest BCUT2D eigenvalue weighted by Crippen LogP contribution is 2.31. The van der Waals surface area contributed by atoms with Crippen LogP contribution >= 0.6 is 23.1 Å². The van der Waals surface area contributed by atoms with Crippen molar-refractivity contribution in [1.82, 2.24) is 20.0 Å². The summed E-state index contributed by atoms with van der Waals surface area (Å²) in [6, 6.07) is 0.230. The molecule has 2 N–H and O–H groups in total. The Balaban J connectivity index is 1.87. The zero-order valence-electron chi connectivity index (χ0n) is 11.5. The van der Waals surface area contributed by atoms with Gasteiger partial charge in [0, 0.05) is 24.6 Å². The van der Waals surface area contributed by atoms with Crippen LogP contribution in [0.2, 0.25) is 0 Å².